The lowest BCUT2D eigenvalue weighted by molar-refractivity contribution is -0.0980. The van der Waals surface area contributed by atoms with Crippen LogP contribution in [0, 0.1) is 6.92 Å². The molecular weight excluding hydrogens is 372 g/mol. The van der Waals surface area contributed by atoms with E-state index in [1.165, 1.54) is 6.42 Å². The van der Waals surface area contributed by atoms with Gasteiger partial charge in [0.25, 0.3) is 5.91 Å². The number of nitrogens with one attached hydrogen (secondary N) is 1. The Labute approximate surface area is 171 Å². The summed E-state index contributed by atoms with van der Waals surface area (Å²) < 4.78 is 0. The molecule has 1 N–H and O–H groups in total. The Balaban J connectivity index is 0.000000717. The first-order valence-electron chi connectivity index (χ1n) is 8.93. The lowest BCUT2D eigenvalue weighted by Crippen LogP contribution is -2.11. The van der Waals surface area contributed by atoms with E-state index in [2.05, 4.69) is 24.1 Å². The summed E-state index contributed by atoms with van der Waals surface area (Å²) in [6.45, 7) is 8.24. The summed E-state index contributed by atoms with van der Waals surface area (Å²) in [7, 11) is 0. The smallest absolute Gasteiger partial charge is 0.255 e. The molecular formula is C23H25ClN2O2. The highest BCUT2D eigenvalue weighted by Gasteiger charge is 2.09. The van der Waals surface area contributed by atoms with Crippen molar-refractivity contribution in [1.29, 1.82) is 0 Å². The highest BCUT2D eigenvalue weighted by molar-refractivity contribution is 6.33. The van der Waals surface area contributed by atoms with Gasteiger partial charge in [0.15, 0.2) is 0 Å². The highest BCUT2D eigenvalue weighted by Crippen LogP contribution is 2.29. The Bertz CT molecular complexity index is 866. The average molecular weight is 397 g/mol. The number of hydrogen-bond acceptors (Lipinski definition) is 3. The van der Waals surface area contributed by atoms with Crippen molar-refractivity contribution in [2.75, 3.05) is 5.32 Å². The van der Waals surface area contributed by atoms with E-state index >= 15 is 0 Å². The predicted molar refractivity (Wildman–Crippen MR) is 117 cm³/mol. The number of pyridine rings is 1. The molecule has 0 radical (unpaired) electrons. The van der Waals surface area contributed by atoms with Crippen LogP contribution in [-0.2, 0) is 4.79 Å². The Morgan fingerprint density at radius 2 is 1.68 bits per heavy atom. The molecule has 4 nitrogen and oxygen atoms in total. The molecule has 0 aliphatic heterocycles. The van der Waals surface area contributed by atoms with Crippen LogP contribution in [0.4, 0.5) is 5.69 Å². The van der Waals surface area contributed by atoms with Gasteiger partial charge in [0.1, 0.15) is 6.79 Å². The first-order chi connectivity index (χ1) is 13.5. The Morgan fingerprint density at radius 1 is 1.04 bits per heavy atom. The average Bonchev–Trinajstić information content (AvgIpc) is 2.72. The molecule has 2 aromatic carbocycles. The van der Waals surface area contributed by atoms with E-state index in [1.807, 2.05) is 50.1 Å². The molecule has 0 atom stereocenters. The molecule has 28 heavy (non-hydrogen) atoms. The maximum atomic E-state index is 12.3. The van der Waals surface area contributed by atoms with Crippen LogP contribution in [0.15, 0.2) is 66.9 Å². The number of aromatic nitrogens is 1. The summed E-state index contributed by atoms with van der Waals surface area (Å²) in [6, 6.07) is 18.4. The van der Waals surface area contributed by atoms with Gasteiger partial charge in [0.2, 0.25) is 0 Å². The monoisotopic (exact) mass is 396 g/mol. The first-order valence-corrected chi connectivity index (χ1v) is 9.30. The summed E-state index contributed by atoms with van der Waals surface area (Å²) >= 11 is 6.25. The van der Waals surface area contributed by atoms with Crippen LogP contribution in [0.5, 0.6) is 0 Å². The Morgan fingerprint density at radius 3 is 2.25 bits per heavy atom. The number of hydrogen-bond donors (Lipinski definition) is 1. The van der Waals surface area contributed by atoms with Crippen LogP contribution in [-0.4, -0.2) is 17.7 Å². The fourth-order valence-corrected chi connectivity index (χ4v) is 2.44. The first kappa shape index (κ1) is 23.1. The van der Waals surface area contributed by atoms with E-state index < -0.39 is 0 Å². The molecule has 5 heteroatoms. The van der Waals surface area contributed by atoms with Crippen LogP contribution in [0.25, 0.3) is 11.3 Å². The number of carbonyl (C=O) groups excluding carboxylic acids is 2. The minimum Gasteiger partial charge on any atom is -0.322 e. The number of halogens is 1. The molecule has 1 heterocycles. The van der Waals surface area contributed by atoms with Crippen LogP contribution in [0.1, 0.15) is 36.2 Å². The van der Waals surface area contributed by atoms with Crippen molar-refractivity contribution in [3.63, 3.8) is 0 Å². The van der Waals surface area contributed by atoms with Crippen molar-refractivity contribution in [2.24, 2.45) is 0 Å². The summed E-state index contributed by atoms with van der Waals surface area (Å²) in [5.41, 5.74) is 3.97. The summed E-state index contributed by atoms with van der Waals surface area (Å²) in [6.07, 6.45) is 2.96. The lowest BCUT2D eigenvalue weighted by atomic mass is 10.1. The summed E-state index contributed by atoms with van der Waals surface area (Å²) in [4.78, 5) is 24.6. The lowest BCUT2D eigenvalue weighted by Gasteiger charge is -2.09. The van der Waals surface area contributed by atoms with Gasteiger partial charge in [-0.3, -0.25) is 9.78 Å². The third-order valence-electron chi connectivity index (χ3n) is 3.48. The van der Waals surface area contributed by atoms with Crippen molar-refractivity contribution in [3.8, 4) is 11.3 Å². The number of rotatable bonds is 3. The minimum atomic E-state index is -0.153. The van der Waals surface area contributed by atoms with E-state index in [-0.39, 0.29) is 5.91 Å². The standard InChI is InChI=1S/C19H15ClN2O.C3H8.CH2O/c1-13-5-7-14(8-6-13)19(23)22-15-9-10-17(20)16(12-15)18-4-2-3-11-21-18;1-3-2;1-2/h2-12H,1H3,(H,22,23);3H2,1-2H3;1H2. The molecule has 0 aliphatic carbocycles. The molecule has 146 valence electrons. The van der Waals surface area contributed by atoms with Gasteiger partial charge in [0, 0.05) is 23.0 Å². The number of aryl methyl sites for hydroxylation is 1. The molecule has 0 fully saturated rings. The number of benzene rings is 2. The number of amides is 1. The van der Waals surface area contributed by atoms with Crippen molar-refractivity contribution < 1.29 is 9.59 Å². The zero-order valence-corrected chi connectivity index (χ0v) is 17.2. The zero-order chi connectivity index (χ0) is 20.9. The van der Waals surface area contributed by atoms with Gasteiger partial charge in [-0.2, -0.15) is 0 Å². The van der Waals surface area contributed by atoms with Gasteiger partial charge >= 0.3 is 0 Å². The van der Waals surface area contributed by atoms with Crippen molar-refractivity contribution in [3.05, 3.63) is 83.0 Å². The molecule has 0 spiro atoms. The number of carbonyl (C=O) groups is 2. The van der Waals surface area contributed by atoms with E-state index in [0.717, 1.165) is 16.8 Å². The van der Waals surface area contributed by atoms with Crippen molar-refractivity contribution in [1.82, 2.24) is 4.98 Å². The quantitative estimate of drug-likeness (QED) is 0.573. The van der Waals surface area contributed by atoms with Gasteiger partial charge in [0.05, 0.1) is 10.7 Å². The molecule has 0 saturated heterocycles. The van der Waals surface area contributed by atoms with E-state index in [4.69, 9.17) is 16.4 Å². The van der Waals surface area contributed by atoms with Gasteiger partial charge in [-0.1, -0.05) is 55.6 Å². The third kappa shape index (κ3) is 6.97. The molecule has 0 bridgehead atoms. The molecule has 3 aromatic rings. The predicted octanol–water partition coefficient (Wildman–Crippen LogP) is 6.19. The second-order valence-electron chi connectivity index (χ2n) is 5.94. The van der Waals surface area contributed by atoms with Crippen LogP contribution in [0.3, 0.4) is 0 Å². The third-order valence-corrected chi connectivity index (χ3v) is 3.81. The molecule has 0 unspecified atom stereocenters. The number of anilines is 1. The fourth-order valence-electron chi connectivity index (χ4n) is 2.23. The van der Waals surface area contributed by atoms with Gasteiger partial charge < -0.3 is 10.1 Å². The molecule has 3 rings (SSSR count). The largest absolute Gasteiger partial charge is 0.322 e. The van der Waals surface area contributed by atoms with Gasteiger partial charge in [-0.05, 0) is 49.4 Å². The minimum absolute atomic E-state index is 0.153. The van der Waals surface area contributed by atoms with E-state index in [0.29, 0.717) is 16.3 Å². The van der Waals surface area contributed by atoms with Gasteiger partial charge in [-0.25, -0.2) is 0 Å². The second-order valence-corrected chi connectivity index (χ2v) is 6.34. The van der Waals surface area contributed by atoms with Crippen LogP contribution in [0.2, 0.25) is 5.02 Å². The normalized spacial score (nSPS) is 9.29. The topological polar surface area (TPSA) is 59.1 Å². The number of nitrogens with zero attached hydrogens (tertiary/aromatic N) is 1. The van der Waals surface area contributed by atoms with Gasteiger partial charge in [-0.15, -0.1) is 0 Å². The Kier molecular flexibility index (Phi) is 10.2. The van der Waals surface area contributed by atoms with Crippen LogP contribution >= 0.6 is 11.6 Å². The second kappa shape index (κ2) is 12.4. The van der Waals surface area contributed by atoms with E-state index in [9.17, 15) is 4.79 Å². The Hall–Kier alpha value is -2.98. The summed E-state index contributed by atoms with van der Waals surface area (Å²) in [5, 5.41) is 3.48. The van der Waals surface area contributed by atoms with Crippen molar-refractivity contribution in [2.45, 2.75) is 27.2 Å². The fraction of sp³-hybridized carbons (Fsp3) is 0.174. The molecule has 0 aliphatic rings. The van der Waals surface area contributed by atoms with Crippen molar-refractivity contribution >= 4 is 30.0 Å². The maximum absolute atomic E-state index is 12.3. The maximum Gasteiger partial charge on any atom is 0.255 e. The van der Waals surface area contributed by atoms with E-state index in [1.54, 1.807) is 30.5 Å². The zero-order valence-electron chi connectivity index (χ0n) is 16.4. The molecule has 1 amide bonds. The van der Waals surface area contributed by atoms with Crippen LogP contribution < -0.4 is 5.32 Å². The molecule has 1 aromatic heterocycles. The summed E-state index contributed by atoms with van der Waals surface area (Å²) in [5.74, 6) is -0.153. The molecule has 0 saturated carbocycles. The highest BCUT2D eigenvalue weighted by atomic mass is 35.5. The SMILES string of the molecule is C=O.CCC.Cc1ccc(C(=O)Nc2ccc(Cl)c(-c3ccccn3)c2)cc1.